The van der Waals surface area contributed by atoms with Gasteiger partial charge in [0.05, 0.1) is 37.0 Å². The van der Waals surface area contributed by atoms with Gasteiger partial charge in [-0.1, -0.05) is 60.7 Å². The molecule has 6 heteroatoms. The van der Waals surface area contributed by atoms with Gasteiger partial charge in [0.1, 0.15) is 19.7 Å². The molecule has 1 aromatic heterocycles. The average Bonchev–Trinajstić information content (AvgIpc) is 2.90. The number of hydrogen-bond donors (Lipinski definition) is 2. The number of carbonyl (C=O) groups is 1. The lowest BCUT2D eigenvalue weighted by atomic mass is 9.95. The number of amides is 1. The highest BCUT2D eigenvalue weighted by atomic mass is 16.5. The summed E-state index contributed by atoms with van der Waals surface area (Å²) in [7, 11) is 1.62. The molecule has 0 aliphatic carbocycles. The Bertz CT molecular complexity index is 1320. The second-order valence-corrected chi connectivity index (χ2v) is 8.77. The predicted molar refractivity (Wildman–Crippen MR) is 136 cm³/mol. The third kappa shape index (κ3) is 5.12. The fraction of sp³-hybridized carbons (Fsp3) is 0.241. The minimum Gasteiger partial charge on any atom is -0.493 e. The number of nitrogens with one attached hydrogen (secondary N) is 2. The normalized spacial score (nSPS) is 14.8. The van der Waals surface area contributed by atoms with Gasteiger partial charge in [-0.25, -0.2) is 0 Å². The highest BCUT2D eigenvalue weighted by molar-refractivity contribution is 6.07. The molecule has 35 heavy (non-hydrogen) atoms. The number of pyridine rings is 1. The third-order valence-electron chi connectivity index (χ3n) is 6.46. The van der Waals surface area contributed by atoms with Crippen LogP contribution >= 0.6 is 0 Å². The molecule has 1 amide bonds. The second-order valence-electron chi connectivity index (χ2n) is 8.77. The van der Waals surface area contributed by atoms with Crippen LogP contribution in [0.5, 0.6) is 11.5 Å². The summed E-state index contributed by atoms with van der Waals surface area (Å²) < 4.78 is 11.2. The van der Waals surface area contributed by atoms with Crippen LogP contribution in [0.3, 0.4) is 0 Å². The minimum absolute atomic E-state index is 0.0792. The van der Waals surface area contributed by atoms with Crippen molar-refractivity contribution < 1.29 is 19.2 Å². The summed E-state index contributed by atoms with van der Waals surface area (Å²) in [4.78, 5) is 19.9. The largest absolute Gasteiger partial charge is 0.493 e. The lowest BCUT2D eigenvalue weighted by molar-refractivity contribution is -0.929. The number of fused-ring (bicyclic) bond motifs is 2. The predicted octanol–water partition coefficient (Wildman–Crippen LogP) is 3.19. The van der Waals surface area contributed by atoms with E-state index in [0.717, 1.165) is 53.8 Å². The van der Waals surface area contributed by atoms with Gasteiger partial charge < -0.3 is 19.7 Å². The molecule has 3 aromatic carbocycles. The van der Waals surface area contributed by atoms with Crippen LogP contribution in [-0.2, 0) is 19.5 Å². The molecule has 178 valence electrons. The Morgan fingerprint density at radius 1 is 0.971 bits per heavy atom. The van der Waals surface area contributed by atoms with Gasteiger partial charge in [-0.2, -0.15) is 0 Å². The first-order chi connectivity index (χ1) is 17.2. The van der Waals surface area contributed by atoms with Crippen LogP contribution in [0, 0.1) is 0 Å². The summed E-state index contributed by atoms with van der Waals surface area (Å²) in [6, 6.07) is 26.0. The molecule has 0 bridgehead atoms. The van der Waals surface area contributed by atoms with Gasteiger partial charge in [-0.05, 0) is 18.2 Å². The Labute approximate surface area is 205 Å². The van der Waals surface area contributed by atoms with Crippen LogP contribution in [0.2, 0.25) is 0 Å². The number of hydrogen-bond acceptors (Lipinski definition) is 4. The lowest BCUT2D eigenvalue weighted by Gasteiger charge is -2.27. The molecule has 5 rings (SSSR count). The standard InChI is InChI=1S/C29H29N3O3/c1-34-26-13-7-8-14-27(26)35-18-16-30-29(33)28-22-11-5-6-12-24(22)31-25-15-17-32(20-23(25)28)19-21-9-3-2-4-10-21/h2-14H,15-20H2,1H3,(H,30,33)/p+1. The second kappa shape index (κ2) is 10.6. The molecule has 0 saturated carbocycles. The first-order valence-electron chi connectivity index (χ1n) is 12.0. The summed E-state index contributed by atoms with van der Waals surface area (Å²) in [5.41, 5.74) is 5.01. The molecule has 0 spiro atoms. The van der Waals surface area contributed by atoms with E-state index in [-0.39, 0.29) is 5.91 Å². The van der Waals surface area contributed by atoms with E-state index < -0.39 is 0 Å². The van der Waals surface area contributed by atoms with E-state index in [1.807, 2.05) is 54.6 Å². The number of methoxy groups -OCH3 is 1. The Hall–Kier alpha value is -3.90. The Balaban J connectivity index is 1.34. The number of para-hydroxylation sites is 3. The number of quaternary nitrogens is 1. The summed E-state index contributed by atoms with van der Waals surface area (Å²) in [6.07, 6.45) is 0.861. The van der Waals surface area contributed by atoms with E-state index in [1.165, 1.54) is 10.5 Å². The summed E-state index contributed by atoms with van der Waals surface area (Å²) in [6.45, 7) is 3.45. The van der Waals surface area contributed by atoms with Crippen LogP contribution in [0.1, 0.15) is 27.2 Å². The highest BCUT2D eigenvalue weighted by Crippen LogP contribution is 2.26. The molecule has 6 nitrogen and oxygen atoms in total. The van der Waals surface area contributed by atoms with Gasteiger partial charge in [0.25, 0.3) is 5.91 Å². The van der Waals surface area contributed by atoms with Gasteiger partial charge in [0.2, 0.25) is 0 Å². The maximum absolute atomic E-state index is 13.5. The topological polar surface area (TPSA) is 64.9 Å². The van der Waals surface area contributed by atoms with Crippen molar-refractivity contribution in [3.05, 3.63) is 101 Å². The monoisotopic (exact) mass is 468 g/mol. The number of ether oxygens (including phenoxy) is 2. The number of benzene rings is 3. The molecule has 2 N–H and O–H groups in total. The van der Waals surface area contributed by atoms with Crippen molar-refractivity contribution in [3.8, 4) is 11.5 Å². The zero-order chi connectivity index (χ0) is 24.0. The van der Waals surface area contributed by atoms with Crippen molar-refractivity contribution in [1.29, 1.82) is 0 Å². The van der Waals surface area contributed by atoms with Gasteiger partial charge in [-0.15, -0.1) is 0 Å². The molecule has 0 saturated heterocycles. The summed E-state index contributed by atoms with van der Waals surface area (Å²) >= 11 is 0. The first kappa shape index (κ1) is 22.9. The zero-order valence-corrected chi connectivity index (χ0v) is 19.9. The number of carbonyl (C=O) groups excluding carboxylic acids is 1. The quantitative estimate of drug-likeness (QED) is 0.390. The van der Waals surface area contributed by atoms with Crippen molar-refractivity contribution in [1.82, 2.24) is 10.3 Å². The molecule has 2 heterocycles. The minimum atomic E-state index is -0.0792. The molecular weight excluding hydrogens is 438 g/mol. The van der Waals surface area contributed by atoms with E-state index in [9.17, 15) is 4.79 Å². The molecule has 4 aromatic rings. The van der Waals surface area contributed by atoms with Crippen molar-refractivity contribution >= 4 is 16.8 Å². The third-order valence-corrected chi connectivity index (χ3v) is 6.46. The molecule has 1 aliphatic heterocycles. The van der Waals surface area contributed by atoms with E-state index in [1.54, 1.807) is 7.11 Å². The highest BCUT2D eigenvalue weighted by Gasteiger charge is 2.28. The number of aromatic nitrogens is 1. The van der Waals surface area contributed by atoms with Crippen LogP contribution in [0.25, 0.3) is 10.9 Å². The van der Waals surface area contributed by atoms with E-state index in [2.05, 4.69) is 29.6 Å². The smallest absolute Gasteiger partial charge is 0.252 e. The molecule has 1 atom stereocenters. The van der Waals surface area contributed by atoms with Crippen molar-refractivity contribution in [2.45, 2.75) is 19.5 Å². The van der Waals surface area contributed by atoms with Crippen molar-refractivity contribution in [2.75, 3.05) is 26.8 Å². The van der Waals surface area contributed by atoms with E-state index in [4.69, 9.17) is 14.5 Å². The van der Waals surface area contributed by atoms with Crippen LogP contribution < -0.4 is 19.7 Å². The lowest BCUT2D eigenvalue weighted by Crippen LogP contribution is -3.10. The summed E-state index contributed by atoms with van der Waals surface area (Å²) in [5.74, 6) is 1.26. The Morgan fingerprint density at radius 2 is 1.71 bits per heavy atom. The van der Waals surface area contributed by atoms with Crippen LogP contribution in [0.15, 0.2) is 78.9 Å². The van der Waals surface area contributed by atoms with E-state index in [0.29, 0.717) is 24.7 Å². The van der Waals surface area contributed by atoms with Gasteiger partial charge in [-0.3, -0.25) is 9.78 Å². The van der Waals surface area contributed by atoms with Gasteiger partial charge in [0.15, 0.2) is 11.5 Å². The van der Waals surface area contributed by atoms with Crippen LogP contribution in [-0.4, -0.2) is 37.7 Å². The van der Waals surface area contributed by atoms with E-state index >= 15 is 0 Å². The fourth-order valence-corrected chi connectivity index (χ4v) is 4.78. The Morgan fingerprint density at radius 3 is 2.54 bits per heavy atom. The molecule has 1 aliphatic rings. The summed E-state index contributed by atoms with van der Waals surface area (Å²) in [5, 5.41) is 3.97. The average molecular weight is 469 g/mol. The molecular formula is C29H30N3O3+. The maximum atomic E-state index is 13.5. The molecule has 0 fully saturated rings. The zero-order valence-electron chi connectivity index (χ0n) is 19.9. The van der Waals surface area contributed by atoms with Gasteiger partial charge >= 0.3 is 0 Å². The first-order valence-corrected chi connectivity index (χ1v) is 12.0. The van der Waals surface area contributed by atoms with Crippen LogP contribution in [0.4, 0.5) is 0 Å². The molecule has 1 unspecified atom stereocenters. The SMILES string of the molecule is COc1ccccc1OCCNC(=O)c1c2c(nc3ccccc13)CC[NH+](Cc1ccccc1)C2. The Kier molecular flexibility index (Phi) is 6.91. The van der Waals surface area contributed by atoms with Crippen molar-refractivity contribution in [3.63, 3.8) is 0 Å². The number of nitrogens with zero attached hydrogens (tertiary/aromatic N) is 1. The number of rotatable bonds is 8. The molecule has 0 radical (unpaired) electrons. The maximum Gasteiger partial charge on any atom is 0.252 e. The van der Waals surface area contributed by atoms with Crippen molar-refractivity contribution in [2.24, 2.45) is 0 Å². The fourth-order valence-electron chi connectivity index (χ4n) is 4.78. The van der Waals surface area contributed by atoms with Gasteiger partial charge in [0, 0.05) is 22.9 Å².